The molecule has 1 aromatic carbocycles. The summed E-state index contributed by atoms with van der Waals surface area (Å²) in [5.41, 5.74) is 2.33. The third kappa shape index (κ3) is 4.72. The summed E-state index contributed by atoms with van der Waals surface area (Å²) < 4.78 is 12.3. The summed E-state index contributed by atoms with van der Waals surface area (Å²) in [6.45, 7) is 10.8. The Kier molecular flexibility index (Phi) is 6.09. The minimum Gasteiger partial charge on any atom is -0.400 e. The SMILES string of the molecule is CNCc1ccccc1C=C(CNC(C)=O)B1OC(C)(C)C(C)(C)O1. The van der Waals surface area contributed by atoms with Gasteiger partial charge in [0.05, 0.1) is 11.2 Å². The molecule has 0 unspecified atom stereocenters. The summed E-state index contributed by atoms with van der Waals surface area (Å²) in [4.78, 5) is 11.4. The summed E-state index contributed by atoms with van der Waals surface area (Å²) in [5.74, 6) is -0.0778. The summed E-state index contributed by atoms with van der Waals surface area (Å²) in [6.07, 6.45) is 2.06. The number of nitrogens with one attached hydrogen (secondary N) is 2. The highest BCUT2D eigenvalue weighted by atomic mass is 16.7. The third-order valence-corrected chi connectivity index (χ3v) is 4.86. The maximum absolute atomic E-state index is 11.4. The summed E-state index contributed by atoms with van der Waals surface area (Å²) in [7, 11) is 1.44. The van der Waals surface area contributed by atoms with Gasteiger partial charge in [-0.25, -0.2) is 0 Å². The highest BCUT2D eigenvalue weighted by Crippen LogP contribution is 2.38. The zero-order valence-corrected chi connectivity index (χ0v) is 16.1. The minimum absolute atomic E-state index is 0.0778. The minimum atomic E-state index is -0.487. The van der Waals surface area contributed by atoms with Crippen LogP contribution in [0.3, 0.4) is 0 Å². The molecule has 5 nitrogen and oxygen atoms in total. The summed E-state index contributed by atoms with van der Waals surface area (Å²) in [5, 5.41) is 6.05. The zero-order chi connectivity index (χ0) is 18.7. The van der Waals surface area contributed by atoms with E-state index in [0.717, 1.165) is 17.6 Å². The first-order valence-corrected chi connectivity index (χ1v) is 8.69. The summed E-state index contributed by atoms with van der Waals surface area (Å²) >= 11 is 0. The van der Waals surface area contributed by atoms with Gasteiger partial charge in [0.15, 0.2) is 0 Å². The van der Waals surface area contributed by atoms with Gasteiger partial charge in [-0.1, -0.05) is 30.3 Å². The Morgan fingerprint density at radius 1 is 1.16 bits per heavy atom. The maximum Gasteiger partial charge on any atom is 0.492 e. The Balaban J connectivity index is 2.35. The first-order valence-electron chi connectivity index (χ1n) is 8.69. The molecular weight excluding hydrogens is 315 g/mol. The molecule has 1 heterocycles. The first-order chi connectivity index (χ1) is 11.7. The van der Waals surface area contributed by atoms with Gasteiger partial charge in [-0.05, 0) is 51.3 Å². The molecule has 1 amide bonds. The van der Waals surface area contributed by atoms with E-state index in [1.54, 1.807) is 0 Å². The maximum atomic E-state index is 11.4. The van der Waals surface area contributed by atoms with E-state index < -0.39 is 18.3 Å². The second-order valence-corrected chi connectivity index (χ2v) is 7.45. The Morgan fingerprint density at radius 2 is 1.76 bits per heavy atom. The molecule has 0 atom stereocenters. The van der Waals surface area contributed by atoms with Crippen LogP contribution in [-0.4, -0.2) is 37.8 Å². The van der Waals surface area contributed by atoms with E-state index in [2.05, 4.69) is 28.8 Å². The quantitative estimate of drug-likeness (QED) is 0.779. The largest absolute Gasteiger partial charge is 0.492 e. The average Bonchev–Trinajstić information content (AvgIpc) is 2.73. The lowest BCUT2D eigenvalue weighted by Crippen LogP contribution is -2.41. The van der Waals surface area contributed by atoms with Crippen molar-refractivity contribution in [2.45, 2.75) is 52.4 Å². The van der Waals surface area contributed by atoms with Crippen LogP contribution in [0.15, 0.2) is 29.7 Å². The second kappa shape index (κ2) is 7.73. The van der Waals surface area contributed by atoms with Gasteiger partial charge in [0.2, 0.25) is 5.91 Å². The lowest BCUT2D eigenvalue weighted by molar-refractivity contribution is -0.118. The van der Waals surface area contributed by atoms with Crippen molar-refractivity contribution < 1.29 is 14.1 Å². The number of hydrogen-bond acceptors (Lipinski definition) is 4. The molecule has 136 valence electrons. The van der Waals surface area contributed by atoms with Gasteiger partial charge < -0.3 is 19.9 Å². The molecular formula is C19H29BN2O3. The number of hydrogen-bond donors (Lipinski definition) is 2. The van der Waals surface area contributed by atoms with Crippen molar-refractivity contribution in [3.8, 4) is 0 Å². The van der Waals surface area contributed by atoms with Crippen molar-refractivity contribution in [3.05, 3.63) is 40.9 Å². The zero-order valence-electron chi connectivity index (χ0n) is 16.1. The fourth-order valence-electron chi connectivity index (χ4n) is 2.65. The molecule has 1 fully saturated rings. The fourth-order valence-corrected chi connectivity index (χ4v) is 2.65. The Bertz CT molecular complexity index is 640. The van der Waals surface area contributed by atoms with E-state index in [-0.39, 0.29) is 5.91 Å². The predicted molar refractivity (Wildman–Crippen MR) is 102 cm³/mol. The van der Waals surface area contributed by atoms with E-state index in [4.69, 9.17) is 9.31 Å². The van der Waals surface area contributed by atoms with Crippen molar-refractivity contribution in [1.29, 1.82) is 0 Å². The molecule has 0 aliphatic carbocycles. The predicted octanol–water partition coefficient (Wildman–Crippen LogP) is 2.56. The molecule has 2 rings (SSSR count). The van der Waals surface area contributed by atoms with Crippen molar-refractivity contribution in [2.75, 3.05) is 13.6 Å². The van der Waals surface area contributed by atoms with Gasteiger partial charge in [-0.2, -0.15) is 0 Å². The van der Waals surface area contributed by atoms with E-state index >= 15 is 0 Å². The molecule has 0 aromatic heterocycles. The smallest absolute Gasteiger partial charge is 0.400 e. The van der Waals surface area contributed by atoms with Gasteiger partial charge in [-0.15, -0.1) is 0 Å². The van der Waals surface area contributed by atoms with E-state index in [9.17, 15) is 4.79 Å². The standard InChI is InChI=1S/C19H29BN2O3/c1-14(23)22-13-17(20-24-18(2,3)19(4,5)25-20)11-15-9-7-8-10-16(15)12-21-6/h7-11,21H,12-13H2,1-6H3,(H,22,23). The van der Waals surface area contributed by atoms with Gasteiger partial charge >= 0.3 is 7.12 Å². The number of benzene rings is 1. The number of carbonyl (C=O) groups is 1. The summed E-state index contributed by atoms with van der Waals surface area (Å²) in [6, 6.07) is 8.17. The van der Waals surface area contributed by atoms with Crippen LogP contribution in [0.25, 0.3) is 6.08 Å². The van der Waals surface area contributed by atoms with Crippen molar-refractivity contribution in [3.63, 3.8) is 0 Å². The van der Waals surface area contributed by atoms with Gasteiger partial charge in [0, 0.05) is 20.0 Å². The van der Waals surface area contributed by atoms with Crippen LogP contribution < -0.4 is 10.6 Å². The van der Waals surface area contributed by atoms with E-state index in [0.29, 0.717) is 6.54 Å². The van der Waals surface area contributed by atoms with Gasteiger partial charge in [0.25, 0.3) is 0 Å². The Labute approximate surface area is 151 Å². The lowest BCUT2D eigenvalue weighted by Gasteiger charge is -2.32. The second-order valence-electron chi connectivity index (χ2n) is 7.45. The van der Waals surface area contributed by atoms with Crippen LogP contribution >= 0.6 is 0 Å². The molecule has 1 aromatic rings. The van der Waals surface area contributed by atoms with Gasteiger partial charge in [0.1, 0.15) is 0 Å². The van der Waals surface area contributed by atoms with E-state index in [1.165, 1.54) is 12.5 Å². The molecule has 1 saturated heterocycles. The van der Waals surface area contributed by atoms with Crippen LogP contribution in [0.5, 0.6) is 0 Å². The van der Waals surface area contributed by atoms with Crippen LogP contribution in [0.4, 0.5) is 0 Å². The number of rotatable bonds is 6. The van der Waals surface area contributed by atoms with Crippen LogP contribution in [0, 0.1) is 0 Å². The monoisotopic (exact) mass is 344 g/mol. The Morgan fingerprint density at radius 3 is 2.32 bits per heavy atom. The highest BCUT2D eigenvalue weighted by molar-refractivity contribution is 6.56. The molecule has 0 saturated carbocycles. The Hall–Kier alpha value is -1.63. The topological polar surface area (TPSA) is 59.6 Å². The van der Waals surface area contributed by atoms with Crippen LogP contribution in [0.2, 0.25) is 0 Å². The highest BCUT2D eigenvalue weighted by Gasteiger charge is 2.52. The van der Waals surface area contributed by atoms with Crippen molar-refractivity contribution >= 4 is 19.1 Å². The first kappa shape index (κ1) is 19.7. The fraction of sp³-hybridized carbons (Fsp3) is 0.526. The normalized spacial score (nSPS) is 19.1. The third-order valence-electron chi connectivity index (χ3n) is 4.86. The number of carbonyl (C=O) groups excluding carboxylic acids is 1. The van der Waals surface area contributed by atoms with Crippen LogP contribution in [0.1, 0.15) is 45.7 Å². The molecule has 0 radical (unpaired) electrons. The molecule has 1 aliphatic heterocycles. The molecule has 6 heteroatoms. The van der Waals surface area contributed by atoms with Crippen LogP contribution in [-0.2, 0) is 20.6 Å². The average molecular weight is 344 g/mol. The van der Waals surface area contributed by atoms with Crippen molar-refractivity contribution in [1.82, 2.24) is 10.6 Å². The molecule has 2 N–H and O–H groups in total. The van der Waals surface area contributed by atoms with E-state index in [1.807, 2.05) is 46.9 Å². The van der Waals surface area contributed by atoms with Gasteiger partial charge in [-0.3, -0.25) is 4.79 Å². The molecule has 25 heavy (non-hydrogen) atoms. The lowest BCUT2D eigenvalue weighted by atomic mass is 9.76. The number of amides is 1. The molecule has 1 aliphatic rings. The molecule has 0 spiro atoms. The molecule has 0 bridgehead atoms. The van der Waals surface area contributed by atoms with Crippen molar-refractivity contribution in [2.24, 2.45) is 0 Å².